The molecule has 0 aromatic heterocycles. The van der Waals surface area contributed by atoms with Crippen LogP contribution < -0.4 is 4.74 Å². The summed E-state index contributed by atoms with van der Waals surface area (Å²) in [4.78, 5) is 31.3. The Hall–Kier alpha value is -2.64. The number of nitro groups is 1. The van der Waals surface area contributed by atoms with Gasteiger partial charge in [0.15, 0.2) is 5.75 Å². The van der Waals surface area contributed by atoms with Crippen molar-refractivity contribution in [2.45, 2.75) is 0 Å². The topological polar surface area (TPSA) is 127 Å². The molecule has 0 saturated heterocycles. The SMILES string of the molecule is COc1cc(C(=O)O)c(C(=O)O)cc1[N+](=O)[O-]. The van der Waals surface area contributed by atoms with Crippen molar-refractivity contribution in [2.75, 3.05) is 7.11 Å². The Balaban J connectivity index is 3.59. The summed E-state index contributed by atoms with van der Waals surface area (Å²) in [5.74, 6) is -3.37. The van der Waals surface area contributed by atoms with Gasteiger partial charge < -0.3 is 14.9 Å². The molecule has 0 fully saturated rings. The number of nitrogens with zero attached hydrogens (tertiary/aromatic N) is 1. The molecule has 0 amide bonds. The van der Waals surface area contributed by atoms with E-state index in [1.54, 1.807) is 0 Å². The summed E-state index contributed by atoms with van der Waals surface area (Å²) in [6.07, 6.45) is 0. The van der Waals surface area contributed by atoms with Gasteiger partial charge in [0.2, 0.25) is 0 Å². The summed E-state index contributed by atoms with van der Waals surface area (Å²) >= 11 is 0. The molecule has 0 unspecified atom stereocenters. The number of ether oxygens (including phenoxy) is 1. The molecule has 0 spiro atoms. The molecule has 0 bridgehead atoms. The minimum absolute atomic E-state index is 0.308. The van der Waals surface area contributed by atoms with Crippen LogP contribution in [0.25, 0.3) is 0 Å². The highest BCUT2D eigenvalue weighted by molar-refractivity contribution is 6.02. The Morgan fingerprint density at radius 1 is 1.24 bits per heavy atom. The summed E-state index contributed by atoms with van der Waals surface area (Å²) in [5, 5.41) is 28.2. The van der Waals surface area contributed by atoms with Crippen LogP contribution in [0.4, 0.5) is 5.69 Å². The van der Waals surface area contributed by atoms with Gasteiger partial charge in [-0.15, -0.1) is 0 Å². The predicted octanol–water partition coefficient (Wildman–Crippen LogP) is 1.000. The number of hydrogen-bond acceptors (Lipinski definition) is 5. The molecule has 0 aliphatic rings. The first-order chi connectivity index (χ1) is 7.88. The first-order valence-corrected chi connectivity index (χ1v) is 4.21. The highest BCUT2D eigenvalue weighted by atomic mass is 16.6. The average molecular weight is 241 g/mol. The lowest BCUT2D eigenvalue weighted by Gasteiger charge is -2.05. The fourth-order valence-electron chi connectivity index (χ4n) is 1.23. The number of rotatable bonds is 4. The van der Waals surface area contributed by atoms with Crippen LogP contribution in [0.3, 0.4) is 0 Å². The van der Waals surface area contributed by atoms with Crippen molar-refractivity contribution < 1.29 is 29.5 Å². The molecule has 90 valence electrons. The zero-order valence-electron chi connectivity index (χ0n) is 8.54. The van der Waals surface area contributed by atoms with Crippen molar-refractivity contribution in [3.63, 3.8) is 0 Å². The lowest BCUT2D eigenvalue weighted by atomic mass is 10.1. The van der Waals surface area contributed by atoms with E-state index in [0.717, 1.165) is 13.2 Å². The van der Waals surface area contributed by atoms with Crippen LogP contribution in [0.2, 0.25) is 0 Å². The second kappa shape index (κ2) is 4.47. The maximum absolute atomic E-state index is 10.8. The van der Waals surface area contributed by atoms with Crippen molar-refractivity contribution >= 4 is 17.6 Å². The molecule has 1 aromatic carbocycles. The Morgan fingerprint density at radius 3 is 2.06 bits per heavy atom. The molecule has 8 heteroatoms. The monoisotopic (exact) mass is 241 g/mol. The van der Waals surface area contributed by atoms with E-state index in [-0.39, 0.29) is 5.75 Å². The molecule has 2 N–H and O–H groups in total. The second-order valence-corrected chi connectivity index (χ2v) is 2.94. The number of aromatic carboxylic acids is 2. The summed E-state index contributed by atoms with van der Waals surface area (Å²) in [5.41, 5.74) is -1.83. The van der Waals surface area contributed by atoms with Gasteiger partial charge in [-0.1, -0.05) is 0 Å². The number of carbonyl (C=O) groups is 2. The van der Waals surface area contributed by atoms with E-state index in [0.29, 0.717) is 6.07 Å². The molecule has 0 radical (unpaired) electrons. The minimum Gasteiger partial charge on any atom is -0.490 e. The lowest BCUT2D eigenvalue weighted by Crippen LogP contribution is -2.09. The van der Waals surface area contributed by atoms with Crippen molar-refractivity contribution in [3.05, 3.63) is 33.4 Å². The first kappa shape index (κ1) is 12.4. The van der Waals surface area contributed by atoms with E-state index in [1.807, 2.05) is 0 Å². The molecule has 17 heavy (non-hydrogen) atoms. The lowest BCUT2D eigenvalue weighted by molar-refractivity contribution is -0.385. The van der Waals surface area contributed by atoms with Gasteiger partial charge in [0.05, 0.1) is 23.2 Å². The quantitative estimate of drug-likeness (QED) is 0.594. The molecule has 0 aliphatic heterocycles. The van der Waals surface area contributed by atoms with Crippen LogP contribution in [-0.4, -0.2) is 34.2 Å². The van der Waals surface area contributed by atoms with Crippen LogP contribution in [0.15, 0.2) is 12.1 Å². The van der Waals surface area contributed by atoms with E-state index in [1.165, 1.54) is 0 Å². The number of nitro benzene ring substituents is 1. The van der Waals surface area contributed by atoms with Gasteiger partial charge in [0, 0.05) is 12.1 Å². The first-order valence-electron chi connectivity index (χ1n) is 4.21. The van der Waals surface area contributed by atoms with Crippen LogP contribution in [0.1, 0.15) is 20.7 Å². The largest absolute Gasteiger partial charge is 0.490 e. The van der Waals surface area contributed by atoms with Crippen LogP contribution in [-0.2, 0) is 0 Å². The van der Waals surface area contributed by atoms with Gasteiger partial charge in [0.25, 0.3) is 0 Å². The number of carboxylic acid groups (broad SMARTS) is 2. The molecule has 0 aliphatic carbocycles. The van der Waals surface area contributed by atoms with E-state index in [2.05, 4.69) is 4.74 Å². The molecule has 1 rings (SSSR count). The van der Waals surface area contributed by atoms with Crippen LogP contribution >= 0.6 is 0 Å². The molecule has 1 aromatic rings. The number of carboxylic acids is 2. The van der Waals surface area contributed by atoms with Crippen LogP contribution in [0, 0.1) is 10.1 Å². The van der Waals surface area contributed by atoms with Crippen molar-refractivity contribution in [1.82, 2.24) is 0 Å². The Kier molecular flexibility index (Phi) is 3.27. The summed E-state index contributed by atoms with van der Waals surface area (Å²) in [6.45, 7) is 0. The van der Waals surface area contributed by atoms with E-state index >= 15 is 0 Å². The second-order valence-electron chi connectivity index (χ2n) is 2.94. The standard InChI is InChI=1S/C9H7NO7/c1-17-7-3-5(9(13)14)4(8(11)12)2-6(7)10(15)16/h2-3H,1H3,(H,11,12)(H,13,14). The highest BCUT2D eigenvalue weighted by Crippen LogP contribution is 2.30. The van der Waals surface area contributed by atoms with E-state index in [9.17, 15) is 19.7 Å². The van der Waals surface area contributed by atoms with Crippen molar-refractivity contribution in [3.8, 4) is 5.75 Å². The third kappa shape index (κ3) is 2.30. The van der Waals surface area contributed by atoms with Gasteiger partial charge in [-0.05, 0) is 0 Å². The Labute approximate surface area is 94.2 Å². The summed E-state index contributed by atoms with van der Waals surface area (Å²) in [6, 6.07) is 1.47. The zero-order valence-corrected chi connectivity index (χ0v) is 8.54. The molecular formula is C9H7NO7. The third-order valence-corrected chi connectivity index (χ3v) is 1.98. The van der Waals surface area contributed by atoms with Crippen molar-refractivity contribution in [1.29, 1.82) is 0 Å². The summed E-state index contributed by atoms with van der Waals surface area (Å²) in [7, 11) is 1.12. The van der Waals surface area contributed by atoms with Gasteiger partial charge in [-0.3, -0.25) is 10.1 Å². The smallest absolute Gasteiger partial charge is 0.336 e. The maximum atomic E-state index is 10.8. The van der Waals surface area contributed by atoms with Gasteiger partial charge in [0.1, 0.15) is 0 Å². The fourth-order valence-corrected chi connectivity index (χ4v) is 1.23. The van der Waals surface area contributed by atoms with E-state index in [4.69, 9.17) is 10.2 Å². The van der Waals surface area contributed by atoms with Gasteiger partial charge >= 0.3 is 17.6 Å². The molecular weight excluding hydrogens is 234 g/mol. The number of methoxy groups -OCH3 is 1. The molecule has 0 heterocycles. The normalized spacial score (nSPS) is 9.71. The Morgan fingerprint density at radius 2 is 1.71 bits per heavy atom. The van der Waals surface area contributed by atoms with Crippen molar-refractivity contribution in [2.24, 2.45) is 0 Å². The third-order valence-electron chi connectivity index (χ3n) is 1.98. The number of hydrogen-bond donors (Lipinski definition) is 2. The zero-order chi connectivity index (χ0) is 13.2. The van der Waals surface area contributed by atoms with Gasteiger partial charge in [-0.25, -0.2) is 9.59 Å². The minimum atomic E-state index is -1.56. The Bertz CT molecular complexity index is 508. The fraction of sp³-hybridized carbons (Fsp3) is 0.111. The summed E-state index contributed by atoms with van der Waals surface area (Å²) < 4.78 is 4.63. The van der Waals surface area contributed by atoms with E-state index < -0.39 is 33.7 Å². The van der Waals surface area contributed by atoms with Crippen LogP contribution in [0.5, 0.6) is 5.75 Å². The molecule has 0 atom stereocenters. The highest BCUT2D eigenvalue weighted by Gasteiger charge is 2.25. The number of benzene rings is 1. The molecule has 8 nitrogen and oxygen atoms in total. The predicted molar refractivity (Wildman–Crippen MR) is 53.6 cm³/mol. The molecule has 0 saturated carbocycles. The van der Waals surface area contributed by atoms with Gasteiger partial charge in [-0.2, -0.15) is 0 Å². The maximum Gasteiger partial charge on any atom is 0.336 e. The average Bonchev–Trinajstić information content (AvgIpc) is 2.26.